The molecular formula is C17H22N2O4. The minimum atomic E-state index is -1.28. The molecule has 5 N–H and O–H groups in total. The van der Waals surface area contributed by atoms with Crippen LogP contribution in [0, 0.1) is 0 Å². The van der Waals surface area contributed by atoms with E-state index in [1.54, 1.807) is 36.4 Å². The number of carbonyl (C=O) groups excluding carboxylic acids is 3. The number of primary amides is 2. The molecule has 1 aromatic rings. The number of aliphatic hydroxyl groups is 1. The van der Waals surface area contributed by atoms with Crippen molar-refractivity contribution >= 4 is 17.6 Å². The van der Waals surface area contributed by atoms with Crippen LogP contribution in [0.1, 0.15) is 30.6 Å². The molecule has 2 amide bonds. The van der Waals surface area contributed by atoms with Crippen LogP contribution in [0.15, 0.2) is 54.6 Å². The molecule has 0 saturated carbocycles. The molecule has 0 heterocycles. The van der Waals surface area contributed by atoms with Gasteiger partial charge in [0, 0.05) is 5.56 Å². The highest BCUT2D eigenvalue weighted by atomic mass is 16.3. The van der Waals surface area contributed by atoms with Gasteiger partial charge in [-0.25, -0.2) is 0 Å². The van der Waals surface area contributed by atoms with E-state index in [9.17, 15) is 19.5 Å². The molecule has 0 fully saturated rings. The highest BCUT2D eigenvalue weighted by Crippen LogP contribution is 2.11. The quantitative estimate of drug-likeness (QED) is 0.536. The fourth-order valence-corrected chi connectivity index (χ4v) is 1.39. The lowest BCUT2D eigenvalue weighted by atomic mass is 9.97. The molecule has 1 rings (SSSR count). The van der Waals surface area contributed by atoms with Crippen molar-refractivity contribution in [1.82, 2.24) is 0 Å². The van der Waals surface area contributed by atoms with Gasteiger partial charge in [0.05, 0.1) is 0 Å². The zero-order valence-corrected chi connectivity index (χ0v) is 13.2. The highest BCUT2D eigenvalue weighted by molar-refractivity contribution is 6.01. The summed E-state index contributed by atoms with van der Waals surface area (Å²) in [5, 5.41) is 9.39. The second kappa shape index (κ2) is 10.1. The Bertz CT molecular complexity index is 562. The van der Waals surface area contributed by atoms with Crippen LogP contribution in [0.3, 0.4) is 0 Å². The molecule has 0 radical (unpaired) electrons. The number of ketones is 1. The Labute approximate surface area is 135 Å². The maximum Gasteiger partial charge on any atom is 0.241 e. The molecule has 0 atom stereocenters. The topological polar surface area (TPSA) is 123 Å². The average Bonchev–Trinajstić information content (AvgIpc) is 2.46. The Kier molecular flexibility index (Phi) is 8.88. The van der Waals surface area contributed by atoms with Gasteiger partial charge in [-0.05, 0) is 32.4 Å². The van der Waals surface area contributed by atoms with E-state index in [0.717, 1.165) is 0 Å². The summed E-state index contributed by atoms with van der Waals surface area (Å²) in [6.45, 7) is 2.98. The van der Waals surface area contributed by atoms with Gasteiger partial charge < -0.3 is 16.6 Å². The second-order valence-corrected chi connectivity index (χ2v) is 5.10. The number of Topliss-reactive ketones (excluding diaryl/α,β-unsaturated/α-hetero) is 1. The number of hydrogen-bond acceptors (Lipinski definition) is 4. The van der Waals surface area contributed by atoms with Gasteiger partial charge in [0.1, 0.15) is 5.60 Å². The van der Waals surface area contributed by atoms with Gasteiger partial charge in [-0.3, -0.25) is 14.4 Å². The Morgan fingerprint density at radius 2 is 1.43 bits per heavy atom. The smallest absolute Gasteiger partial charge is 0.241 e. The molecule has 6 nitrogen and oxygen atoms in total. The predicted octanol–water partition coefficient (Wildman–Crippen LogP) is 1.10. The molecule has 0 spiro atoms. The largest absolute Gasteiger partial charge is 0.382 e. The minimum absolute atomic E-state index is 0.247. The van der Waals surface area contributed by atoms with Gasteiger partial charge in [-0.1, -0.05) is 42.5 Å². The molecule has 0 saturated heterocycles. The van der Waals surface area contributed by atoms with Crippen LogP contribution in [0.5, 0.6) is 0 Å². The predicted molar refractivity (Wildman–Crippen MR) is 88.4 cm³/mol. The molecule has 0 aliphatic rings. The van der Waals surface area contributed by atoms with E-state index in [1.165, 1.54) is 26.0 Å². The SMILES string of the molecule is CC(C)(O)C(=O)c1ccccc1.NC(=O)C=CCC=CC(N)=O. The molecule has 6 heteroatoms. The Hall–Kier alpha value is -2.73. The van der Waals surface area contributed by atoms with Crippen molar-refractivity contribution in [3.05, 3.63) is 60.2 Å². The second-order valence-electron chi connectivity index (χ2n) is 5.10. The molecule has 23 heavy (non-hydrogen) atoms. The number of nitrogens with two attached hydrogens (primary N) is 2. The third-order valence-electron chi connectivity index (χ3n) is 2.43. The monoisotopic (exact) mass is 318 g/mol. The molecular weight excluding hydrogens is 296 g/mol. The van der Waals surface area contributed by atoms with E-state index in [2.05, 4.69) is 0 Å². The van der Waals surface area contributed by atoms with Crippen LogP contribution >= 0.6 is 0 Å². The van der Waals surface area contributed by atoms with Crippen molar-refractivity contribution in [3.63, 3.8) is 0 Å². The summed E-state index contributed by atoms with van der Waals surface area (Å²) in [5.74, 6) is -1.25. The number of rotatable bonds is 6. The van der Waals surface area contributed by atoms with Crippen molar-refractivity contribution in [1.29, 1.82) is 0 Å². The first kappa shape index (κ1) is 20.3. The minimum Gasteiger partial charge on any atom is -0.382 e. The zero-order valence-electron chi connectivity index (χ0n) is 13.2. The first-order chi connectivity index (χ1) is 10.6. The molecule has 124 valence electrons. The van der Waals surface area contributed by atoms with Crippen LogP contribution in [0.25, 0.3) is 0 Å². The van der Waals surface area contributed by atoms with E-state index >= 15 is 0 Å². The average molecular weight is 318 g/mol. The van der Waals surface area contributed by atoms with Gasteiger partial charge in [-0.2, -0.15) is 0 Å². The van der Waals surface area contributed by atoms with Gasteiger partial charge in [0.15, 0.2) is 5.78 Å². The zero-order chi connectivity index (χ0) is 17.9. The summed E-state index contributed by atoms with van der Waals surface area (Å²) in [4.78, 5) is 31.6. The van der Waals surface area contributed by atoms with Crippen LogP contribution < -0.4 is 11.5 Å². The van der Waals surface area contributed by atoms with Gasteiger partial charge in [-0.15, -0.1) is 0 Å². The number of amides is 2. The Morgan fingerprint density at radius 1 is 1.00 bits per heavy atom. The summed E-state index contributed by atoms with van der Waals surface area (Å²) in [7, 11) is 0. The third-order valence-corrected chi connectivity index (χ3v) is 2.43. The summed E-state index contributed by atoms with van der Waals surface area (Å²) < 4.78 is 0. The number of allylic oxidation sites excluding steroid dienone is 2. The fourth-order valence-electron chi connectivity index (χ4n) is 1.39. The normalized spacial score (nSPS) is 11.1. The van der Waals surface area contributed by atoms with Gasteiger partial charge >= 0.3 is 0 Å². The lowest BCUT2D eigenvalue weighted by molar-refractivity contribution is -0.114. The van der Waals surface area contributed by atoms with Gasteiger partial charge in [0.25, 0.3) is 0 Å². The Morgan fingerprint density at radius 3 is 1.78 bits per heavy atom. The van der Waals surface area contributed by atoms with Crippen molar-refractivity contribution in [2.75, 3.05) is 0 Å². The highest BCUT2D eigenvalue weighted by Gasteiger charge is 2.24. The van der Waals surface area contributed by atoms with E-state index in [4.69, 9.17) is 11.5 Å². The Balaban J connectivity index is 0.000000423. The van der Waals surface area contributed by atoms with E-state index in [0.29, 0.717) is 12.0 Å². The molecule has 1 aromatic carbocycles. The maximum absolute atomic E-state index is 11.4. The van der Waals surface area contributed by atoms with E-state index in [-0.39, 0.29) is 5.78 Å². The maximum atomic E-state index is 11.4. The number of benzene rings is 1. The van der Waals surface area contributed by atoms with Crippen molar-refractivity contribution < 1.29 is 19.5 Å². The van der Waals surface area contributed by atoms with Crippen molar-refractivity contribution in [3.8, 4) is 0 Å². The summed E-state index contributed by atoms with van der Waals surface area (Å²) in [6.07, 6.45) is 6.02. The molecule has 0 aliphatic heterocycles. The van der Waals surface area contributed by atoms with E-state index < -0.39 is 17.4 Å². The molecule has 0 bridgehead atoms. The number of hydrogen-bond donors (Lipinski definition) is 3. The molecule has 0 aliphatic carbocycles. The summed E-state index contributed by atoms with van der Waals surface area (Å²) in [5.41, 5.74) is 8.86. The summed E-state index contributed by atoms with van der Waals surface area (Å²) >= 11 is 0. The van der Waals surface area contributed by atoms with Gasteiger partial charge in [0.2, 0.25) is 11.8 Å². The standard InChI is InChI=1S/C10H12O2.C7H10N2O2/c1-10(2,12)9(11)8-6-4-3-5-7-8;8-6(10)4-2-1-3-5-7(9)11/h3-7,12H,1-2H3;2-5H,1H2,(H2,8,10)(H2,9,11). The fraction of sp³-hybridized carbons (Fsp3) is 0.235. The summed E-state index contributed by atoms with van der Waals surface area (Å²) in [6, 6.07) is 8.78. The van der Waals surface area contributed by atoms with Crippen LogP contribution in [-0.4, -0.2) is 28.3 Å². The van der Waals surface area contributed by atoms with Crippen molar-refractivity contribution in [2.45, 2.75) is 25.9 Å². The van der Waals surface area contributed by atoms with Crippen LogP contribution in [0.4, 0.5) is 0 Å². The lowest BCUT2D eigenvalue weighted by Gasteiger charge is -2.14. The third kappa shape index (κ3) is 10.6. The van der Waals surface area contributed by atoms with Crippen LogP contribution in [0.2, 0.25) is 0 Å². The van der Waals surface area contributed by atoms with Crippen LogP contribution in [-0.2, 0) is 9.59 Å². The lowest BCUT2D eigenvalue weighted by Crippen LogP contribution is -2.30. The first-order valence-corrected chi connectivity index (χ1v) is 6.88. The van der Waals surface area contributed by atoms with Crippen molar-refractivity contribution in [2.24, 2.45) is 11.5 Å². The first-order valence-electron chi connectivity index (χ1n) is 6.88. The van der Waals surface area contributed by atoms with E-state index in [1.807, 2.05) is 6.07 Å². The molecule has 0 aromatic heterocycles. The molecule has 0 unspecified atom stereocenters. The number of carbonyl (C=O) groups is 3.